The predicted molar refractivity (Wildman–Crippen MR) is 53.1 cm³/mol. The quantitative estimate of drug-likeness (QED) is 0.580. The Balaban J connectivity index is 3.58. The molecule has 0 N–H and O–H groups in total. The van der Waals surface area contributed by atoms with Crippen molar-refractivity contribution in [3.05, 3.63) is 0 Å². The van der Waals surface area contributed by atoms with Gasteiger partial charge in [0.25, 0.3) is 0 Å². The van der Waals surface area contributed by atoms with Gasteiger partial charge in [0.15, 0.2) is 0 Å². The zero-order chi connectivity index (χ0) is 9.45. The Labute approximate surface area is 76.3 Å². The summed E-state index contributed by atoms with van der Waals surface area (Å²) in [4.78, 5) is 0. The second-order valence-corrected chi connectivity index (χ2v) is 5.52. The molecule has 0 aromatic rings. The van der Waals surface area contributed by atoms with Gasteiger partial charge in [0.1, 0.15) is 9.84 Å². The molecular formula is C9H20O2S. The molecule has 0 radical (unpaired) electrons. The smallest absolute Gasteiger partial charge is 0.150 e. The van der Waals surface area contributed by atoms with Gasteiger partial charge in [-0.1, -0.05) is 33.1 Å². The van der Waals surface area contributed by atoms with E-state index in [0.29, 0.717) is 11.5 Å². The fraction of sp³-hybridized carbons (Fsp3) is 1.00. The van der Waals surface area contributed by atoms with Crippen LogP contribution in [-0.2, 0) is 9.84 Å². The highest BCUT2D eigenvalue weighted by atomic mass is 32.2. The van der Waals surface area contributed by atoms with Gasteiger partial charge in [0, 0.05) is 0 Å². The summed E-state index contributed by atoms with van der Waals surface area (Å²) >= 11 is 0. The van der Waals surface area contributed by atoms with E-state index in [9.17, 15) is 8.42 Å². The Kier molecular flexibility index (Phi) is 6.44. The normalized spacial score (nSPS) is 11.8. The fourth-order valence-electron chi connectivity index (χ4n) is 1.04. The summed E-state index contributed by atoms with van der Waals surface area (Å²) in [5.74, 6) is 0.772. The highest BCUT2D eigenvalue weighted by Crippen LogP contribution is 2.02. The van der Waals surface area contributed by atoms with E-state index >= 15 is 0 Å². The topological polar surface area (TPSA) is 34.1 Å². The van der Waals surface area contributed by atoms with E-state index < -0.39 is 9.84 Å². The maximum Gasteiger partial charge on any atom is 0.150 e. The van der Waals surface area contributed by atoms with Crippen LogP contribution < -0.4 is 0 Å². The highest BCUT2D eigenvalue weighted by molar-refractivity contribution is 7.91. The predicted octanol–water partition coefficient (Wildman–Crippen LogP) is 2.39. The van der Waals surface area contributed by atoms with Gasteiger partial charge in [-0.2, -0.15) is 0 Å². The lowest BCUT2D eigenvalue weighted by atomic mass is 10.3. The van der Waals surface area contributed by atoms with E-state index in [1.165, 1.54) is 0 Å². The first-order valence-corrected chi connectivity index (χ1v) is 6.65. The summed E-state index contributed by atoms with van der Waals surface area (Å²) in [6.07, 6.45) is 4.73. The van der Waals surface area contributed by atoms with Gasteiger partial charge in [0.05, 0.1) is 11.5 Å². The second kappa shape index (κ2) is 6.46. The van der Waals surface area contributed by atoms with Crippen LogP contribution in [-0.4, -0.2) is 19.9 Å². The summed E-state index contributed by atoms with van der Waals surface area (Å²) in [6.45, 7) is 4.10. The van der Waals surface area contributed by atoms with Crippen LogP contribution in [0.4, 0.5) is 0 Å². The van der Waals surface area contributed by atoms with E-state index in [-0.39, 0.29) is 0 Å². The van der Waals surface area contributed by atoms with Gasteiger partial charge in [-0.15, -0.1) is 0 Å². The molecular weight excluding hydrogens is 172 g/mol. The standard InChI is InChI=1S/C9H20O2S/c1-3-5-7-9-12(10,11)8-6-4-2/h3-9H2,1-2H3. The Morgan fingerprint density at radius 1 is 0.833 bits per heavy atom. The van der Waals surface area contributed by atoms with E-state index in [1.807, 2.05) is 6.92 Å². The summed E-state index contributed by atoms with van der Waals surface area (Å²) in [5, 5.41) is 0. The lowest BCUT2D eigenvalue weighted by Crippen LogP contribution is -2.10. The van der Waals surface area contributed by atoms with Crippen molar-refractivity contribution in [1.29, 1.82) is 0 Å². The Hall–Kier alpha value is -0.0500. The molecule has 0 spiro atoms. The third kappa shape index (κ3) is 6.65. The van der Waals surface area contributed by atoms with Gasteiger partial charge in [0.2, 0.25) is 0 Å². The lowest BCUT2D eigenvalue weighted by Gasteiger charge is -2.01. The molecule has 0 bridgehead atoms. The van der Waals surface area contributed by atoms with E-state index in [2.05, 4.69) is 6.92 Å². The molecule has 2 nitrogen and oxygen atoms in total. The van der Waals surface area contributed by atoms with Gasteiger partial charge in [-0.3, -0.25) is 0 Å². The Bertz CT molecular complexity index is 183. The van der Waals surface area contributed by atoms with Gasteiger partial charge >= 0.3 is 0 Å². The van der Waals surface area contributed by atoms with Crippen molar-refractivity contribution in [1.82, 2.24) is 0 Å². The van der Waals surface area contributed by atoms with Crippen molar-refractivity contribution in [2.45, 2.75) is 46.0 Å². The average Bonchev–Trinajstić information content (AvgIpc) is 2.01. The first kappa shape index (κ1) is 11.9. The van der Waals surface area contributed by atoms with E-state index in [4.69, 9.17) is 0 Å². The molecule has 0 saturated carbocycles. The van der Waals surface area contributed by atoms with Crippen LogP contribution in [0.3, 0.4) is 0 Å². The van der Waals surface area contributed by atoms with Crippen LogP contribution in [0.2, 0.25) is 0 Å². The Morgan fingerprint density at radius 3 is 1.83 bits per heavy atom. The summed E-state index contributed by atoms with van der Waals surface area (Å²) in [6, 6.07) is 0. The molecule has 3 heteroatoms. The van der Waals surface area contributed by atoms with Gasteiger partial charge in [-0.05, 0) is 12.8 Å². The molecule has 74 valence electrons. The maximum atomic E-state index is 11.3. The maximum absolute atomic E-state index is 11.3. The highest BCUT2D eigenvalue weighted by Gasteiger charge is 2.08. The van der Waals surface area contributed by atoms with Crippen LogP contribution in [0.5, 0.6) is 0 Å². The summed E-state index contributed by atoms with van der Waals surface area (Å²) in [7, 11) is -2.72. The first-order chi connectivity index (χ1) is 5.62. The van der Waals surface area contributed by atoms with Crippen molar-refractivity contribution in [2.24, 2.45) is 0 Å². The minimum absolute atomic E-state index is 0.382. The summed E-state index contributed by atoms with van der Waals surface area (Å²) < 4.78 is 22.5. The SMILES string of the molecule is CCCCCS(=O)(=O)CCCC. The van der Waals surface area contributed by atoms with Crippen molar-refractivity contribution in [3.8, 4) is 0 Å². The molecule has 12 heavy (non-hydrogen) atoms. The molecule has 0 fully saturated rings. The van der Waals surface area contributed by atoms with Crippen molar-refractivity contribution in [2.75, 3.05) is 11.5 Å². The molecule has 0 aliphatic heterocycles. The van der Waals surface area contributed by atoms with E-state index in [1.54, 1.807) is 0 Å². The molecule has 0 unspecified atom stereocenters. The average molecular weight is 192 g/mol. The Morgan fingerprint density at radius 2 is 1.33 bits per heavy atom. The van der Waals surface area contributed by atoms with Crippen LogP contribution in [0.25, 0.3) is 0 Å². The van der Waals surface area contributed by atoms with Gasteiger partial charge in [-0.25, -0.2) is 8.42 Å². The minimum atomic E-state index is -2.72. The second-order valence-electron chi connectivity index (χ2n) is 3.21. The van der Waals surface area contributed by atoms with Crippen molar-refractivity contribution in [3.63, 3.8) is 0 Å². The molecule has 0 aliphatic carbocycles. The fourth-order valence-corrected chi connectivity index (χ4v) is 2.61. The van der Waals surface area contributed by atoms with Gasteiger partial charge < -0.3 is 0 Å². The molecule has 0 saturated heterocycles. The molecule has 0 rings (SSSR count). The molecule has 0 amide bonds. The minimum Gasteiger partial charge on any atom is -0.229 e. The molecule has 0 atom stereocenters. The zero-order valence-electron chi connectivity index (χ0n) is 8.17. The molecule has 0 aromatic carbocycles. The monoisotopic (exact) mass is 192 g/mol. The van der Waals surface area contributed by atoms with Crippen LogP contribution in [0, 0.1) is 0 Å². The van der Waals surface area contributed by atoms with Crippen molar-refractivity contribution >= 4 is 9.84 Å². The first-order valence-electron chi connectivity index (χ1n) is 4.82. The zero-order valence-corrected chi connectivity index (χ0v) is 8.99. The number of hydrogen-bond acceptors (Lipinski definition) is 2. The van der Waals surface area contributed by atoms with Crippen LogP contribution >= 0.6 is 0 Å². The number of hydrogen-bond donors (Lipinski definition) is 0. The van der Waals surface area contributed by atoms with Crippen molar-refractivity contribution < 1.29 is 8.42 Å². The number of sulfone groups is 1. The third-order valence-corrected chi connectivity index (χ3v) is 3.69. The van der Waals surface area contributed by atoms with Crippen LogP contribution in [0.1, 0.15) is 46.0 Å². The van der Waals surface area contributed by atoms with Crippen LogP contribution in [0.15, 0.2) is 0 Å². The third-order valence-electron chi connectivity index (χ3n) is 1.87. The molecule has 0 heterocycles. The van der Waals surface area contributed by atoms with E-state index in [0.717, 1.165) is 32.1 Å². The largest absolute Gasteiger partial charge is 0.229 e. The number of unbranched alkanes of at least 4 members (excludes halogenated alkanes) is 3. The molecule has 0 aromatic heterocycles. The summed E-state index contributed by atoms with van der Waals surface area (Å²) in [5.41, 5.74) is 0. The number of rotatable bonds is 7. The lowest BCUT2D eigenvalue weighted by molar-refractivity contribution is 0.587. The molecule has 0 aliphatic rings.